The highest BCUT2D eigenvalue weighted by atomic mass is 32.2. The first kappa shape index (κ1) is 13.7. The van der Waals surface area contributed by atoms with Gasteiger partial charge in [-0.2, -0.15) is 0 Å². The average molecular weight is 257 g/mol. The molecule has 0 saturated carbocycles. The van der Waals surface area contributed by atoms with Gasteiger partial charge < -0.3 is 5.11 Å². The van der Waals surface area contributed by atoms with E-state index in [-0.39, 0.29) is 10.5 Å². The molecule has 2 N–H and O–H groups in total. The fourth-order valence-corrected chi connectivity index (χ4v) is 2.74. The Morgan fingerprint density at radius 3 is 2.59 bits per heavy atom. The van der Waals surface area contributed by atoms with Crippen molar-refractivity contribution < 1.29 is 18.3 Å². The first-order valence-electron chi connectivity index (χ1n) is 5.22. The zero-order valence-electron chi connectivity index (χ0n) is 9.73. The van der Waals surface area contributed by atoms with Crippen molar-refractivity contribution in [2.24, 2.45) is 0 Å². The van der Waals surface area contributed by atoms with Crippen LogP contribution < -0.4 is 4.72 Å². The number of carboxylic acids is 1. The van der Waals surface area contributed by atoms with Gasteiger partial charge in [0.15, 0.2) is 0 Å². The normalized spacial score (nSPS) is 11.4. The van der Waals surface area contributed by atoms with Gasteiger partial charge in [0, 0.05) is 6.54 Å². The number of sulfonamides is 1. The molecule has 94 valence electrons. The maximum Gasteiger partial charge on any atom is 0.335 e. The summed E-state index contributed by atoms with van der Waals surface area (Å²) in [6.07, 6.45) is 0.677. The van der Waals surface area contributed by atoms with E-state index in [1.807, 2.05) is 6.92 Å². The Bertz CT molecular complexity index is 522. The topological polar surface area (TPSA) is 83.5 Å². The minimum Gasteiger partial charge on any atom is -0.478 e. The van der Waals surface area contributed by atoms with Crippen molar-refractivity contribution >= 4 is 16.0 Å². The largest absolute Gasteiger partial charge is 0.478 e. The number of nitrogens with one attached hydrogen (secondary N) is 1. The molecule has 5 nitrogen and oxygen atoms in total. The Hall–Kier alpha value is -1.40. The van der Waals surface area contributed by atoms with E-state index in [1.165, 1.54) is 18.2 Å². The first-order chi connectivity index (χ1) is 7.88. The molecule has 6 heteroatoms. The molecular formula is C11H15NO4S. The van der Waals surface area contributed by atoms with Crippen LogP contribution in [0.25, 0.3) is 0 Å². The molecule has 0 heterocycles. The lowest BCUT2D eigenvalue weighted by Gasteiger charge is -2.09. The number of carboxylic acid groups (broad SMARTS) is 1. The smallest absolute Gasteiger partial charge is 0.335 e. The zero-order chi connectivity index (χ0) is 13.1. The fraction of sp³-hybridized carbons (Fsp3) is 0.364. The van der Waals surface area contributed by atoms with Crippen LogP contribution in [0, 0.1) is 6.92 Å². The highest BCUT2D eigenvalue weighted by molar-refractivity contribution is 7.89. The SMILES string of the molecule is CCCNS(=O)(=O)c1cc(C(=O)O)ccc1C. The minimum absolute atomic E-state index is 0.0193. The van der Waals surface area contributed by atoms with Gasteiger partial charge in [-0.3, -0.25) is 0 Å². The Balaban J connectivity index is 3.20. The summed E-state index contributed by atoms with van der Waals surface area (Å²) in [5.74, 6) is -1.14. The molecule has 0 spiro atoms. The van der Waals surface area contributed by atoms with Gasteiger partial charge in [-0.25, -0.2) is 17.9 Å². The quantitative estimate of drug-likeness (QED) is 0.834. The summed E-state index contributed by atoms with van der Waals surface area (Å²) in [5.41, 5.74) is 0.492. The van der Waals surface area contributed by atoms with Crippen molar-refractivity contribution in [1.29, 1.82) is 0 Å². The summed E-state index contributed by atoms with van der Waals surface area (Å²) in [5, 5.41) is 8.83. The summed E-state index contributed by atoms with van der Waals surface area (Å²) < 4.78 is 26.2. The summed E-state index contributed by atoms with van der Waals surface area (Å²) in [4.78, 5) is 10.8. The summed E-state index contributed by atoms with van der Waals surface area (Å²) in [6.45, 7) is 3.81. The van der Waals surface area contributed by atoms with Crippen LogP contribution in [0.2, 0.25) is 0 Å². The summed E-state index contributed by atoms with van der Waals surface area (Å²) in [7, 11) is -3.62. The predicted molar refractivity (Wildman–Crippen MR) is 63.6 cm³/mol. The Kier molecular flexibility index (Phi) is 4.25. The third-order valence-corrected chi connectivity index (χ3v) is 3.87. The van der Waals surface area contributed by atoms with Gasteiger partial charge in [-0.1, -0.05) is 13.0 Å². The van der Waals surface area contributed by atoms with Crippen molar-refractivity contribution in [2.75, 3.05) is 6.54 Å². The molecule has 17 heavy (non-hydrogen) atoms. The number of hydrogen-bond acceptors (Lipinski definition) is 3. The van der Waals surface area contributed by atoms with E-state index < -0.39 is 16.0 Å². The Morgan fingerprint density at radius 2 is 2.06 bits per heavy atom. The van der Waals surface area contributed by atoms with Gasteiger partial charge >= 0.3 is 5.97 Å². The van der Waals surface area contributed by atoms with E-state index in [1.54, 1.807) is 6.92 Å². The first-order valence-corrected chi connectivity index (χ1v) is 6.70. The van der Waals surface area contributed by atoms with Crippen LogP contribution in [0.15, 0.2) is 23.1 Å². The Labute approximate surface area is 101 Å². The van der Waals surface area contributed by atoms with Gasteiger partial charge in [0.05, 0.1) is 10.5 Å². The molecule has 0 bridgehead atoms. The van der Waals surface area contributed by atoms with Crippen LogP contribution in [-0.2, 0) is 10.0 Å². The summed E-state index contributed by atoms with van der Waals surface area (Å²) >= 11 is 0. The predicted octanol–water partition coefficient (Wildman–Crippen LogP) is 1.38. The number of aromatic carboxylic acids is 1. The van der Waals surface area contributed by atoms with Gasteiger partial charge in [0.2, 0.25) is 10.0 Å². The van der Waals surface area contributed by atoms with Crippen LogP contribution in [-0.4, -0.2) is 26.0 Å². The van der Waals surface area contributed by atoms with Crippen molar-refractivity contribution in [2.45, 2.75) is 25.2 Å². The van der Waals surface area contributed by atoms with E-state index in [2.05, 4.69) is 4.72 Å². The zero-order valence-corrected chi connectivity index (χ0v) is 10.5. The van der Waals surface area contributed by atoms with Gasteiger partial charge in [0.1, 0.15) is 0 Å². The number of carbonyl (C=O) groups is 1. The van der Waals surface area contributed by atoms with E-state index in [4.69, 9.17) is 5.11 Å². The lowest BCUT2D eigenvalue weighted by molar-refractivity contribution is 0.0696. The second-order valence-corrected chi connectivity index (χ2v) is 5.42. The highest BCUT2D eigenvalue weighted by Gasteiger charge is 2.18. The minimum atomic E-state index is -3.62. The molecule has 0 unspecified atom stereocenters. The third-order valence-electron chi connectivity index (χ3n) is 2.27. The summed E-state index contributed by atoms with van der Waals surface area (Å²) in [6, 6.07) is 4.05. The van der Waals surface area contributed by atoms with E-state index in [9.17, 15) is 13.2 Å². The molecule has 1 aromatic carbocycles. The van der Waals surface area contributed by atoms with E-state index in [0.717, 1.165) is 0 Å². The van der Waals surface area contributed by atoms with Crippen LogP contribution in [0.5, 0.6) is 0 Å². The van der Waals surface area contributed by atoms with Crippen LogP contribution in [0.4, 0.5) is 0 Å². The molecule has 0 atom stereocenters. The number of benzene rings is 1. The second-order valence-electron chi connectivity index (χ2n) is 3.68. The van der Waals surface area contributed by atoms with Crippen LogP contribution in [0.1, 0.15) is 29.3 Å². The van der Waals surface area contributed by atoms with Gasteiger partial charge in [-0.05, 0) is 31.0 Å². The van der Waals surface area contributed by atoms with Gasteiger partial charge in [-0.15, -0.1) is 0 Å². The monoisotopic (exact) mass is 257 g/mol. The van der Waals surface area contributed by atoms with Crippen molar-refractivity contribution in [3.63, 3.8) is 0 Å². The van der Waals surface area contributed by atoms with Crippen LogP contribution in [0.3, 0.4) is 0 Å². The molecule has 0 aliphatic rings. The van der Waals surface area contributed by atoms with Crippen molar-refractivity contribution in [3.8, 4) is 0 Å². The third kappa shape index (κ3) is 3.28. The molecule has 0 aliphatic carbocycles. The number of rotatable bonds is 5. The average Bonchev–Trinajstić information content (AvgIpc) is 2.26. The van der Waals surface area contributed by atoms with Gasteiger partial charge in [0.25, 0.3) is 0 Å². The van der Waals surface area contributed by atoms with Crippen LogP contribution >= 0.6 is 0 Å². The lowest BCUT2D eigenvalue weighted by Crippen LogP contribution is -2.25. The molecule has 0 fully saturated rings. The van der Waals surface area contributed by atoms with E-state index >= 15 is 0 Å². The molecule has 0 saturated heterocycles. The molecule has 0 aliphatic heterocycles. The molecular weight excluding hydrogens is 242 g/mol. The lowest BCUT2D eigenvalue weighted by atomic mass is 10.1. The van der Waals surface area contributed by atoms with Crippen molar-refractivity contribution in [3.05, 3.63) is 29.3 Å². The fourth-order valence-electron chi connectivity index (χ4n) is 1.34. The maximum atomic E-state index is 11.9. The van der Waals surface area contributed by atoms with Crippen molar-refractivity contribution in [1.82, 2.24) is 4.72 Å². The van der Waals surface area contributed by atoms with E-state index in [0.29, 0.717) is 18.5 Å². The molecule has 1 rings (SSSR count). The molecule has 1 aromatic rings. The number of hydrogen-bond donors (Lipinski definition) is 2. The molecule has 0 radical (unpaired) electrons. The molecule has 0 amide bonds. The second kappa shape index (κ2) is 5.29. The number of aryl methyl sites for hydroxylation is 1. The molecule has 0 aromatic heterocycles. The Morgan fingerprint density at radius 1 is 1.41 bits per heavy atom. The standard InChI is InChI=1S/C11H15NO4S/c1-3-6-12-17(15,16)10-7-9(11(13)14)5-4-8(10)2/h4-5,7,12H,3,6H2,1-2H3,(H,13,14). The maximum absolute atomic E-state index is 11.9. The highest BCUT2D eigenvalue weighted by Crippen LogP contribution is 2.17.